The van der Waals surface area contributed by atoms with Gasteiger partial charge in [0.25, 0.3) is 5.91 Å². The van der Waals surface area contributed by atoms with Crippen LogP contribution in [0.5, 0.6) is 11.5 Å². The molecule has 0 radical (unpaired) electrons. The molecule has 3 aromatic rings. The zero-order valence-electron chi connectivity index (χ0n) is 16.1. The largest absolute Gasteiger partial charge is 0.486 e. The molecule has 28 heavy (non-hydrogen) atoms. The lowest BCUT2D eigenvalue weighted by Crippen LogP contribution is -2.40. The van der Waals surface area contributed by atoms with Crippen molar-refractivity contribution >= 4 is 16.9 Å². The molecule has 0 bridgehead atoms. The summed E-state index contributed by atoms with van der Waals surface area (Å²) in [5.74, 6) is 1.27. The highest BCUT2D eigenvalue weighted by molar-refractivity contribution is 5.97. The van der Waals surface area contributed by atoms with Crippen molar-refractivity contribution in [1.29, 1.82) is 0 Å². The van der Waals surface area contributed by atoms with Gasteiger partial charge in [-0.3, -0.25) is 4.79 Å². The van der Waals surface area contributed by atoms with E-state index in [4.69, 9.17) is 14.5 Å². The van der Waals surface area contributed by atoms with Crippen LogP contribution in [0.3, 0.4) is 0 Å². The third kappa shape index (κ3) is 3.63. The van der Waals surface area contributed by atoms with Crippen LogP contribution in [0.25, 0.3) is 11.0 Å². The second-order valence-corrected chi connectivity index (χ2v) is 6.74. The molecule has 0 saturated heterocycles. The summed E-state index contributed by atoms with van der Waals surface area (Å²) in [6, 6.07) is 13.0. The van der Waals surface area contributed by atoms with E-state index in [0.717, 1.165) is 41.0 Å². The Morgan fingerprint density at radius 3 is 2.50 bits per heavy atom. The minimum Gasteiger partial charge on any atom is -0.486 e. The number of amides is 1. The molecule has 1 atom stereocenters. The van der Waals surface area contributed by atoms with Gasteiger partial charge in [-0.2, -0.15) is 0 Å². The van der Waals surface area contributed by atoms with Gasteiger partial charge in [0.1, 0.15) is 12.7 Å². The molecule has 0 spiro atoms. The predicted octanol–water partition coefficient (Wildman–Crippen LogP) is 3.32. The highest BCUT2D eigenvalue weighted by Crippen LogP contribution is 2.30. The molecule has 0 saturated carbocycles. The van der Waals surface area contributed by atoms with Crippen molar-refractivity contribution < 1.29 is 14.3 Å². The third-order valence-electron chi connectivity index (χ3n) is 4.81. The Hall–Kier alpha value is -3.15. The summed E-state index contributed by atoms with van der Waals surface area (Å²) in [4.78, 5) is 22.0. The molecule has 4 rings (SSSR count). The maximum atomic E-state index is 12.6. The van der Waals surface area contributed by atoms with Crippen LogP contribution in [0.15, 0.2) is 42.5 Å². The summed E-state index contributed by atoms with van der Waals surface area (Å²) in [6.45, 7) is 4.91. The number of nitrogens with one attached hydrogen (secondary N) is 1. The molecule has 1 aromatic heterocycles. The van der Waals surface area contributed by atoms with Crippen LogP contribution < -0.4 is 14.8 Å². The standard InChI is InChI=1S/C22H23N3O3/c1-3-16-17(4-2)25-19-11-14(9-10-18(19)24-16)22(26)23-12-15-13-27-20-7-5-6-8-21(20)28-15/h5-11,15H,3-4,12-13H2,1-2H3,(H,23,26)/t15-/m0/s1. The average molecular weight is 377 g/mol. The number of benzene rings is 2. The van der Waals surface area contributed by atoms with Crippen molar-refractivity contribution in [2.75, 3.05) is 13.2 Å². The number of hydrogen-bond donors (Lipinski definition) is 1. The fourth-order valence-electron chi connectivity index (χ4n) is 3.31. The van der Waals surface area contributed by atoms with Gasteiger partial charge in [0.2, 0.25) is 0 Å². The predicted molar refractivity (Wildman–Crippen MR) is 107 cm³/mol. The highest BCUT2D eigenvalue weighted by Gasteiger charge is 2.21. The molecule has 1 amide bonds. The Morgan fingerprint density at radius 1 is 1.04 bits per heavy atom. The highest BCUT2D eigenvalue weighted by atomic mass is 16.6. The molecule has 1 aliphatic heterocycles. The van der Waals surface area contributed by atoms with E-state index >= 15 is 0 Å². The van der Waals surface area contributed by atoms with Crippen LogP contribution in [-0.4, -0.2) is 35.1 Å². The smallest absolute Gasteiger partial charge is 0.251 e. The molecule has 0 unspecified atom stereocenters. The van der Waals surface area contributed by atoms with E-state index in [1.54, 1.807) is 12.1 Å². The first-order chi connectivity index (χ1) is 13.7. The molecular weight excluding hydrogens is 354 g/mol. The van der Waals surface area contributed by atoms with Gasteiger partial charge < -0.3 is 14.8 Å². The maximum Gasteiger partial charge on any atom is 0.251 e. The minimum absolute atomic E-state index is 0.163. The van der Waals surface area contributed by atoms with E-state index in [2.05, 4.69) is 24.1 Å². The van der Waals surface area contributed by atoms with Gasteiger partial charge in [-0.05, 0) is 43.2 Å². The molecular formula is C22H23N3O3. The quantitative estimate of drug-likeness (QED) is 0.738. The van der Waals surface area contributed by atoms with E-state index in [1.807, 2.05) is 30.3 Å². The van der Waals surface area contributed by atoms with Gasteiger partial charge in [-0.25, -0.2) is 9.97 Å². The number of rotatable bonds is 5. The summed E-state index contributed by atoms with van der Waals surface area (Å²) < 4.78 is 11.6. The zero-order chi connectivity index (χ0) is 19.5. The Labute approximate surface area is 163 Å². The lowest BCUT2D eigenvalue weighted by molar-refractivity contribution is 0.0789. The summed E-state index contributed by atoms with van der Waals surface area (Å²) in [7, 11) is 0. The van der Waals surface area contributed by atoms with E-state index in [0.29, 0.717) is 24.5 Å². The normalized spacial score (nSPS) is 15.4. The zero-order valence-corrected chi connectivity index (χ0v) is 16.1. The Balaban J connectivity index is 1.45. The maximum absolute atomic E-state index is 12.6. The van der Waals surface area contributed by atoms with Gasteiger partial charge in [-0.1, -0.05) is 26.0 Å². The molecule has 6 nitrogen and oxygen atoms in total. The van der Waals surface area contributed by atoms with Crippen molar-refractivity contribution in [3.8, 4) is 11.5 Å². The van der Waals surface area contributed by atoms with Crippen LogP contribution in [0.1, 0.15) is 35.6 Å². The number of fused-ring (bicyclic) bond motifs is 2. The number of carbonyl (C=O) groups excluding carboxylic acids is 1. The second kappa shape index (κ2) is 7.84. The van der Waals surface area contributed by atoms with Crippen molar-refractivity contribution in [3.05, 3.63) is 59.4 Å². The van der Waals surface area contributed by atoms with E-state index < -0.39 is 0 Å². The van der Waals surface area contributed by atoms with Gasteiger partial charge in [0.15, 0.2) is 11.5 Å². The van der Waals surface area contributed by atoms with Crippen molar-refractivity contribution in [3.63, 3.8) is 0 Å². The molecule has 0 fully saturated rings. The fraction of sp³-hybridized carbons (Fsp3) is 0.318. The van der Waals surface area contributed by atoms with Gasteiger partial charge >= 0.3 is 0 Å². The number of carbonyl (C=O) groups is 1. The van der Waals surface area contributed by atoms with E-state index in [-0.39, 0.29) is 12.0 Å². The van der Waals surface area contributed by atoms with E-state index in [1.165, 1.54) is 0 Å². The number of para-hydroxylation sites is 2. The summed E-state index contributed by atoms with van der Waals surface area (Å²) in [5, 5.41) is 2.92. The summed E-state index contributed by atoms with van der Waals surface area (Å²) in [6.07, 6.45) is 1.45. The van der Waals surface area contributed by atoms with Gasteiger partial charge in [0.05, 0.1) is 29.0 Å². The van der Waals surface area contributed by atoms with Crippen LogP contribution in [0.4, 0.5) is 0 Å². The SMILES string of the molecule is CCc1nc2ccc(C(=O)NC[C@H]3COc4ccccc4O3)cc2nc1CC. The minimum atomic E-state index is -0.224. The third-order valence-corrected chi connectivity index (χ3v) is 4.81. The summed E-state index contributed by atoms with van der Waals surface area (Å²) in [5.41, 5.74) is 4.12. The van der Waals surface area contributed by atoms with Crippen molar-refractivity contribution in [2.45, 2.75) is 32.8 Å². The topological polar surface area (TPSA) is 73.3 Å². The Kier molecular flexibility index (Phi) is 5.10. The molecule has 1 N–H and O–H groups in total. The first-order valence-electron chi connectivity index (χ1n) is 9.64. The monoisotopic (exact) mass is 377 g/mol. The van der Waals surface area contributed by atoms with Crippen LogP contribution >= 0.6 is 0 Å². The first-order valence-corrected chi connectivity index (χ1v) is 9.64. The second-order valence-electron chi connectivity index (χ2n) is 6.74. The van der Waals surface area contributed by atoms with Crippen molar-refractivity contribution in [2.24, 2.45) is 0 Å². The fourth-order valence-corrected chi connectivity index (χ4v) is 3.31. The number of nitrogens with zero attached hydrogens (tertiary/aromatic N) is 2. The Bertz CT molecular complexity index is 1020. The Morgan fingerprint density at radius 2 is 1.75 bits per heavy atom. The number of aryl methyl sites for hydroxylation is 2. The molecule has 1 aliphatic rings. The van der Waals surface area contributed by atoms with Crippen molar-refractivity contribution in [1.82, 2.24) is 15.3 Å². The molecule has 144 valence electrons. The molecule has 6 heteroatoms. The summed E-state index contributed by atoms with van der Waals surface area (Å²) >= 11 is 0. The van der Waals surface area contributed by atoms with Crippen LogP contribution in [-0.2, 0) is 12.8 Å². The number of hydrogen-bond acceptors (Lipinski definition) is 5. The molecule has 2 heterocycles. The number of ether oxygens (including phenoxy) is 2. The van der Waals surface area contributed by atoms with Gasteiger partial charge in [-0.15, -0.1) is 0 Å². The lowest BCUT2D eigenvalue weighted by atomic mass is 10.1. The van der Waals surface area contributed by atoms with Crippen LogP contribution in [0.2, 0.25) is 0 Å². The van der Waals surface area contributed by atoms with Crippen LogP contribution in [0, 0.1) is 0 Å². The molecule has 0 aliphatic carbocycles. The number of aromatic nitrogens is 2. The van der Waals surface area contributed by atoms with Gasteiger partial charge in [0, 0.05) is 5.56 Å². The first kappa shape index (κ1) is 18.2. The molecule has 2 aromatic carbocycles. The van der Waals surface area contributed by atoms with E-state index in [9.17, 15) is 4.79 Å². The average Bonchev–Trinajstić information content (AvgIpc) is 2.75. The lowest BCUT2D eigenvalue weighted by Gasteiger charge is -2.26.